The lowest BCUT2D eigenvalue weighted by Crippen LogP contribution is -2.45. The topological polar surface area (TPSA) is 85.0 Å². The Kier molecular flexibility index (Phi) is 5.38. The van der Waals surface area contributed by atoms with E-state index in [9.17, 15) is 4.39 Å². The zero-order valence-corrected chi connectivity index (χ0v) is 18.1. The van der Waals surface area contributed by atoms with E-state index < -0.39 is 5.82 Å². The average molecular weight is 435 g/mol. The van der Waals surface area contributed by atoms with E-state index in [1.807, 2.05) is 25.1 Å². The Morgan fingerprint density at radius 2 is 1.97 bits per heavy atom. The first kappa shape index (κ1) is 20.3. The van der Waals surface area contributed by atoms with Crippen molar-refractivity contribution in [2.75, 3.05) is 41.7 Å². The van der Waals surface area contributed by atoms with Gasteiger partial charge in [-0.25, -0.2) is 9.37 Å². The highest BCUT2D eigenvalue weighted by atomic mass is 19.1. The number of benzene rings is 1. The third kappa shape index (κ3) is 4.51. The highest BCUT2D eigenvalue weighted by Crippen LogP contribution is 2.39. The fourth-order valence-corrected chi connectivity index (χ4v) is 3.90. The number of aromatic amines is 1. The molecule has 5 rings (SSSR count). The molecule has 32 heavy (non-hydrogen) atoms. The second-order valence-corrected chi connectivity index (χ2v) is 8.38. The van der Waals surface area contributed by atoms with Crippen LogP contribution in [0.25, 0.3) is 0 Å². The summed E-state index contributed by atoms with van der Waals surface area (Å²) >= 11 is 0. The first-order chi connectivity index (χ1) is 15.5. The number of H-pyrrole nitrogens is 1. The van der Waals surface area contributed by atoms with E-state index in [1.54, 1.807) is 0 Å². The molecule has 2 aliphatic rings. The summed E-state index contributed by atoms with van der Waals surface area (Å²) in [5.41, 5.74) is 4.15. The van der Waals surface area contributed by atoms with Crippen molar-refractivity contribution >= 4 is 29.0 Å². The van der Waals surface area contributed by atoms with E-state index in [0.29, 0.717) is 17.7 Å². The predicted molar refractivity (Wildman–Crippen MR) is 124 cm³/mol. The van der Waals surface area contributed by atoms with Crippen LogP contribution in [-0.4, -0.2) is 51.2 Å². The number of halogens is 1. The molecule has 0 amide bonds. The number of nitrogens with one attached hydrogen (secondary N) is 3. The Morgan fingerprint density at radius 1 is 1.16 bits per heavy atom. The molecule has 1 aliphatic heterocycles. The van der Waals surface area contributed by atoms with Crippen molar-refractivity contribution in [3.63, 3.8) is 0 Å². The van der Waals surface area contributed by atoms with Gasteiger partial charge in [0, 0.05) is 60.9 Å². The molecule has 3 N–H and O–H groups in total. The Bertz CT molecular complexity index is 1110. The minimum Gasteiger partial charge on any atom is -0.372 e. The van der Waals surface area contributed by atoms with Crippen molar-refractivity contribution in [3.8, 4) is 0 Å². The van der Waals surface area contributed by atoms with Crippen molar-refractivity contribution in [2.45, 2.75) is 25.7 Å². The number of anilines is 5. The predicted octanol–water partition coefficient (Wildman–Crippen LogP) is 4.36. The van der Waals surface area contributed by atoms with Crippen molar-refractivity contribution in [1.29, 1.82) is 0 Å². The molecule has 0 radical (unpaired) electrons. The van der Waals surface area contributed by atoms with Gasteiger partial charge in [0.05, 0.1) is 6.20 Å². The zero-order chi connectivity index (χ0) is 22.1. The summed E-state index contributed by atoms with van der Waals surface area (Å²) in [5.74, 6) is 0.961. The van der Waals surface area contributed by atoms with Gasteiger partial charge in [0.2, 0.25) is 5.95 Å². The first-order valence-corrected chi connectivity index (χ1v) is 10.9. The van der Waals surface area contributed by atoms with Gasteiger partial charge < -0.3 is 20.4 Å². The molecule has 0 unspecified atom stereocenters. The van der Waals surface area contributed by atoms with Crippen LogP contribution in [0.3, 0.4) is 0 Å². The van der Waals surface area contributed by atoms with Crippen molar-refractivity contribution in [2.24, 2.45) is 0 Å². The minimum atomic E-state index is -0.532. The largest absolute Gasteiger partial charge is 0.372 e. The highest BCUT2D eigenvalue weighted by molar-refractivity contribution is 5.63. The van der Waals surface area contributed by atoms with Gasteiger partial charge in [0.15, 0.2) is 17.5 Å². The zero-order valence-electron chi connectivity index (χ0n) is 18.1. The summed E-state index contributed by atoms with van der Waals surface area (Å²) < 4.78 is 14.3. The maximum absolute atomic E-state index is 14.3. The van der Waals surface area contributed by atoms with Crippen molar-refractivity contribution < 1.29 is 4.39 Å². The van der Waals surface area contributed by atoms with E-state index in [4.69, 9.17) is 0 Å². The van der Waals surface area contributed by atoms with Gasteiger partial charge in [-0.3, -0.25) is 5.10 Å². The third-order valence-corrected chi connectivity index (χ3v) is 5.89. The Morgan fingerprint density at radius 3 is 2.72 bits per heavy atom. The Labute approximate surface area is 186 Å². The molecule has 1 saturated heterocycles. The van der Waals surface area contributed by atoms with E-state index in [0.717, 1.165) is 55.1 Å². The van der Waals surface area contributed by atoms with E-state index >= 15 is 0 Å². The summed E-state index contributed by atoms with van der Waals surface area (Å²) in [6, 6.07) is 10.0. The molecule has 1 saturated carbocycles. The molecule has 1 aliphatic carbocycles. The molecule has 2 aromatic heterocycles. The standard InChI is InChI=1S/C23H27FN8/c1-15(2)31-8-10-32(11-9-31)18-5-3-4-17(12-18)26-23-25-14-19(24)22(28-23)27-21-13-20(29-30-21)16-6-7-16/h3-5,12-14,16H,1,6-11H2,2H3,(H3,25,26,27,28,29,30). The van der Waals surface area contributed by atoms with Crippen LogP contribution in [0.4, 0.5) is 33.3 Å². The van der Waals surface area contributed by atoms with Crippen molar-refractivity contribution in [1.82, 2.24) is 25.1 Å². The Hall–Kier alpha value is -3.62. The van der Waals surface area contributed by atoms with Crippen LogP contribution in [0.5, 0.6) is 0 Å². The SMILES string of the molecule is C=C(C)N1CCN(c2cccc(Nc3ncc(F)c(Nc4cc(C5CC5)[nH]n4)n3)c2)CC1. The minimum absolute atomic E-state index is 0.0865. The van der Waals surface area contributed by atoms with Gasteiger partial charge in [-0.1, -0.05) is 12.6 Å². The van der Waals surface area contributed by atoms with Gasteiger partial charge in [-0.15, -0.1) is 0 Å². The van der Waals surface area contributed by atoms with Crippen LogP contribution in [0.2, 0.25) is 0 Å². The fourth-order valence-electron chi connectivity index (χ4n) is 3.90. The first-order valence-electron chi connectivity index (χ1n) is 10.9. The molecule has 1 aromatic carbocycles. The van der Waals surface area contributed by atoms with Gasteiger partial charge in [0.1, 0.15) is 0 Å². The summed E-state index contributed by atoms with van der Waals surface area (Å²) in [4.78, 5) is 13.1. The monoisotopic (exact) mass is 434 g/mol. The lowest BCUT2D eigenvalue weighted by molar-refractivity contribution is 0.323. The van der Waals surface area contributed by atoms with Crippen LogP contribution in [-0.2, 0) is 0 Å². The molecule has 0 bridgehead atoms. The summed E-state index contributed by atoms with van der Waals surface area (Å²) in [6.45, 7) is 9.86. The van der Waals surface area contributed by atoms with E-state index in [1.165, 1.54) is 12.8 Å². The molecule has 0 atom stereocenters. The number of allylic oxidation sites excluding steroid dienone is 1. The van der Waals surface area contributed by atoms with Gasteiger partial charge >= 0.3 is 0 Å². The third-order valence-electron chi connectivity index (χ3n) is 5.89. The maximum Gasteiger partial charge on any atom is 0.229 e. The number of piperazine rings is 1. The van der Waals surface area contributed by atoms with Gasteiger partial charge in [-0.05, 0) is 38.0 Å². The number of aromatic nitrogens is 4. The molecule has 3 heterocycles. The van der Waals surface area contributed by atoms with Crippen LogP contribution in [0, 0.1) is 5.82 Å². The van der Waals surface area contributed by atoms with Crippen LogP contribution >= 0.6 is 0 Å². The van der Waals surface area contributed by atoms with Crippen LogP contribution in [0.15, 0.2) is 48.8 Å². The molecule has 3 aromatic rings. The number of rotatable bonds is 7. The molecule has 166 valence electrons. The van der Waals surface area contributed by atoms with Crippen LogP contribution in [0.1, 0.15) is 31.4 Å². The van der Waals surface area contributed by atoms with Crippen LogP contribution < -0.4 is 15.5 Å². The second kappa shape index (κ2) is 8.49. The van der Waals surface area contributed by atoms with Crippen molar-refractivity contribution in [3.05, 3.63) is 60.3 Å². The molecule has 8 nitrogen and oxygen atoms in total. The molecule has 0 spiro atoms. The molecule has 2 fully saturated rings. The molecular weight excluding hydrogens is 407 g/mol. The normalized spacial score (nSPS) is 16.2. The summed E-state index contributed by atoms with van der Waals surface area (Å²) in [5, 5.41) is 13.3. The Balaban J connectivity index is 1.27. The lowest BCUT2D eigenvalue weighted by atomic mass is 10.2. The van der Waals surface area contributed by atoms with E-state index in [2.05, 4.69) is 59.3 Å². The average Bonchev–Trinajstić information content (AvgIpc) is 3.55. The lowest BCUT2D eigenvalue weighted by Gasteiger charge is -2.37. The number of nitrogens with zero attached hydrogens (tertiary/aromatic N) is 5. The van der Waals surface area contributed by atoms with E-state index in [-0.39, 0.29) is 5.82 Å². The number of hydrogen-bond acceptors (Lipinski definition) is 7. The fraction of sp³-hybridized carbons (Fsp3) is 0.348. The smallest absolute Gasteiger partial charge is 0.229 e. The van der Waals surface area contributed by atoms with Gasteiger partial charge in [0.25, 0.3) is 0 Å². The summed E-state index contributed by atoms with van der Waals surface area (Å²) in [7, 11) is 0. The highest BCUT2D eigenvalue weighted by Gasteiger charge is 2.25. The quantitative estimate of drug-likeness (QED) is 0.509. The van der Waals surface area contributed by atoms with Gasteiger partial charge in [-0.2, -0.15) is 10.1 Å². The summed E-state index contributed by atoms with van der Waals surface area (Å²) in [6.07, 6.45) is 3.49. The maximum atomic E-state index is 14.3. The number of hydrogen-bond donors (Lipinski definition) is 3. The molecular formula is C23H27FN8. The molecule has 9 heteroatoms. The second-order valence-electron chi connectivity index (χ2n) is 8.38.